The van der Waals surface area contributed by atoms with Gasteiger partial charge >= 0.3 is 5.63 Å². The first kappa shape index (κ1) is 23.4. The van der Waals surface area contributed by atoms with Crippen LogP contribution in [-0.2, 0) is 17.6 Å². The zero-order valence-electron chi connectivity index (χ0n) is 20.5. The van der Waals surface area contributed by atoms with Gasteiger partial charge in [-0.2, -0.15) is 0 Å². The molecule has 34 heavy (non-hydrogen) atoms. The summed E-state index contributed by atoms with van der Waals surface area (Å²) in [5.74, 6) is 0.714. The number of unbranched alkanes of at least 4 members (excludes halogenated alkanes) is 1. The van der Waals surface area contributed by atoms with Crippen molar-refractivity contribution in [2.75, 3.05) is 13.2 Å². The van der Waals surface area contributed by atoms with Crippen molar-refractivity contribution >= 4 is 16.9 Å². The van der Waals surface area contributed by atoms with Crippen LogP contribution in [0.4, 0.5) is 0 Å². The van der Waals surface area contributed by atoms with Crippen molar-refractivity contribution in [2.45, 2.75) is 96.1 Å². The van der Waals surface area contributed by atoms with E-state index in [-0.39, 0.29) is 30.1 Å². The van der Waals surface area contributed by atoms with Crippen molar-refractivity contribution in [1.82, 2.24) is 4.90 Å². The summed E-state index contributed by atoms with van der Waals surface area (Å²) in [5.41, 5.74) is 2.37. The lowest BCUT2D eigenvalue weighted by Gasteiger charge is -2.52. The van der Waals surface area contributed by atoms with Crippen LogP contribution in [0.3, 0.4) is 0 Å². The van der Waals surface area contributed by atoms with Gasteiger partial charge in [-0.15, -0.1) is 0 Å². The fourth-order valence-corrected chi connectivity index (χ4v) is 6.73. The monoisotopic (exact) mass is 467 g/mol. The van der Waals surface area contributed by atoms with E-state index in [0.29, 0.717) is 24.3 Å². The standard InChI is InChI=1S/C28H37NO5/c1-3-4-11-23-22-10-5-6-14-28(22,32)15-16-29(23)25(30)17-33-24-13-12-20-19-8-7-9-21(19)27(31)34-26(20)18(24)2/h12-13,22-23,32H,3-11,14-17H2,1-2H3/t22-,23+,28+/m0/s1. The van der Waals surface area contributed by atoms with Gasteiger partial charge in [-0.05, 0) is 69.6 Å². The highest BCUT2D eigenvalue weighted by Gasteiger charge is 2.49. The molecule has 5 rings (SSSR count). The van der Waals surface area contributed by atoms with Gasteiger partial charge in [0.25, 0.3) is 5.91 Å². The van der Waals surface area contributed by atoms with Gasteiger partial charge in [-0.3, -0.25) is 4.79 Å². The molecule has 1 aromatic carbocycles. The molecule has 1 N–H and O–H groups in total. The average molecular weight is 468 g/mol. The fraction of sp³-hybridized carbons (Fsp3) is 0.643. The van der Waals surface area contributed by atoms with Gasteiger partial charge in [0.1, 0.15) is 11.3 Å². The summed E-state index contributed by atoms with van der Waals surface area (Å²) in [5, 5.41) is 12.3. The van der Waals surface area contributed by atoms with E-state index in [4.69, 9.17) is 9.15 Å². The quantitative estimate of drug-likeness (QED) is 0.624. The number of aliphatic hydroxyl groups is 1. The minimum Gasteiger partial charge on any atom is -0.483 e. The number of nitrogens with zero attached hydrogens (tertiary/aromatic N) is 1. The molecule has 0 spiro atoms. The maximum atomic E-state index is 13.4. The van der Waals surface area contributed by atoms with Crippen molar-refractivity contribution in [1.29, 1.82) is 0 Å². The van der Waals surface area contributed by atoms with E-state index >= 15 is 0 Å². The molecule has 1 saturated heterocycles. The van der Waals surface area contributed by atoms with Gasteiger partial charge in [-0.1, -0.05) is 32.6 Å². The van der Waals surface area contributed by atoms with E-state index in [2.05, 4.69) is 6.92 Å². The predicted octanol–water partition coefficient (Wildman–Crippen LogP) is 4.68. The van der Waals surface area contributed by atoms with Gasteiger partial charge in [-0.25, -0.2) is 4.79 Å². The topological polar surface area (TPSA) is 80.0 Å². The van der Waals surface area contributed by atoms with Gasteiger partial charge in [0.05, 0.1) is 5.60 Å². The van der Waals surface area contributed by atoms with Crippen LogP contribution in [0.25, 0.3) is 11.0 Å². The minimum absolute atomic E-state index is 0.0244. The lowest BCUT2D eigenvalue weighted by Crippen LogP contribution is -2.61. The van der Waals surface area contributed by atoms with Crippen molar-refractivity contribution < 1.29 is 19.1 Å². The summed E-state index contributed by atoms with van der Waals surface area (Å²) in [6.45, 7) is 4.59. The molecule has 184 valence electrons. The summed E-state index contributed by atoms with van der Waals surface area (Å²) in [4.78, 5) is 27.8. The summed E-state index contributed by atoms with van der Waals surface area (Å²) >= 11 is 0. The molecule has 1 saturated carbocycles. The minimum atomic E-state index is -0.624. The van der Waals surface area contributed by atoms with Crippen LogP contribution in [0.15, 0.2) is 21.3 Å². The average Bonchev–Trinajstić information content (AvgIpc) is 3.33. The number of carbonyl (C=O) groups is 1. The summed E-state index contributed by atoms with van der Waals surface area (Å²) in [6.07, 6.45) is 10.4. The van der Waals surface area contributed by atoms with Crippen molar-refractivity contribution in [3.8, 4) is 5.75 Å². The van der Waals surface area contributed by atoms with Crippen LogP contribution in [0.5, 0.6) is 5.75 Å². The molecule has 3 atom stereocenters. The molecular formula is C28H37NO5. The molecule has 2 heterocycles. The number of amides is 1. The zero-order chi connectivity index (χ0) is 23.9. The molecular weight excluding hydrogens is 430 g/mol. The molecule has 0 radical (unpaired) electrons. The number of benzene rings is 1. The lowest BCUT2D eigenvalue weighted by atomic mass is 9.66. The molecule has 0 unspecified atom stereocenters. The highest BCUT2D eigenvalue weighted by molar-refractivity contribution is 5.86. The second kappa shape index (κ2) is 9.37. The normalized spacial score (nSPS) is 26.4. The van der Waals surface area contributed by atoms with Crippen LogP contribution in [0, 0.1) is 12.8 Å². The maximum absolute atomic E-state index is 13.4. The van der Waals surface area contributed by atoms with Gasteiger partial charge in [0, 0.05) is 35.0 Å². The molecule has 1 aliphatic heterocycles. The summed E-state index contributed by atoms with van der Waals surface area (Å²) in [7, 11) is 0. The number of hydrogen-bond donors (Lipinski definition) is 1. The van der Waals surface area contributed by atoms with Gasteiger partial charge in [0.15, 0.2) is 6.61 Å². The summed E-state index contributed by atoms with van der Waals surface area (Å²) < 4.78 is 11.7. The molecule has 2 aromatic rings. The third kappa shape index (κ3) is 4.04. The first-order chi connectivity index (χ1) is 16.4. The van der Waals surface area contributed by atoms with E-state index in [1.165, 1.54) is 0 Å². The Kier molecular flexibility index (Phi) is 6.45. The number of fused-ring (bicyclic) bond motifs is 4. The van der Waals surface area contributed by atoms with Crippen molar-refractivity contribution in [3.63, 3.8) is 0 Å². The Morgan fingerprint density at radius 1 is 1.21 bits per heavy atom. The third-order valence-electron chi connectivity index (χ3n) is 8.58. The van der Waals surface area contributed by atoms with Crippen LogP contribution < -0.4 is 10.4 Å². The molecule has 2 fully saturated rings. The zero-order valence-corrected chi connectivity index (χ0v) is 20.5. The molecule has 1 aromatic heterocycles. The maximum Gasteiger partial charge on any atom is 0.339 e. The Morgan fingerprint density at radius 2 is 2.03 bits per heavy atom. The third-order valence-corrected chi connectivity index (χ3v) is 8.58. The Morgan fingerprint density at radius 3 is 2.85 bits per heavy atom. The number of likely N-dealkylation sites (tertiary alicyclic amines) is 1. The van der Waals surface area contributed by atoms with E-state index in [0.717, 1.165) is 86.3 Å². The number of piperidine rings is 1. The highest BCUT2D eigenvalue weighted by atomic mass is 16.5. The second-order valence-corrected chi connectivity index (χ2v) is 10.6. The highest BCUT2D eigenvalue weighted by Crippen LogP contribution is 2.44. The van der Waals surface area contributed by atoms with Gasteiger partial charge < -0.3 is 19.2 Å². The molecule has 2 aliphatic carbocycles. The Hall–Kier alpha value is -2.34. The smallest absolute Gasteiger partial charge is 0.339 e. The van der Waals surface area contributed by atoms with E-state index in [9.17, 15) is 14.7 Å². The Labute approximate surface area is 201 Å². The number of ether oxygens (including phenoxy) is 1. The number of carbonyl (C=O) groups excluding carboxylic acids is 1. The van der Waals surface area contributed by atoms with E-state index in [1.807, 2.05) is 24.0 Å². The van der Waals surface area contributed by atoms with Crippen LogP contribution >= 0.6 is 0 Å². The summed E-state index contributed by atoms with van der Waals surface area (Å²) in [6, 6.07) is 3.93. The van der Waals surface area contributed by atoms with E-state index < -0.39 is 5.60 Å². The Bertz CT molecular complexity index is 1140. The van der Waals surface area contributed by atoms with Gasteiger partial charge in [0.2, 0.25) is 0 Å². The molecule has 3 aliphatic rings. The number of rotatable bonds is 6. The number of aryl methyl sites for hydroxylation is 2. The molecule has 1 amide bonds. The van der Waals surface area contributed by atoms with Crippen LogP contribution in [-0.4, -0.2) is 40.7 Å². The van der Waals surface area contributed by atoms with Crippen molar-refractivity contribution in [2.24, 2.45) is 5.92 Å². The largest absolute Gasteiger partial charge is 0.483 e. The number of hydrogen-bond acceptors (Lipinski definition) is 5. The first-order valence-corrected chi connectivity index (χ1v) is 13.2. The van der Waals surface area contributed by atoms with Crippen molar-refractivity contribution in [3.05, 3.63) is 39.2 Å². The van der Waals surface area contributed by atoms with Crippen LogP contribution in [0.2, 0.25) is 0 Å². The molecule has 6 heteroatoms. The Balaban J connectivity index is 1.34. The predicted molar refractivity (Wildman–Crippen MR) is 131 cm³/mol. The lowest BCUT2D eigenvalue weighted by molar-refractivity contribution is -0.157. The van der Waals surface area contributed by atoms with E-state index in [1.54, 1.807) is 0 Å². The SMILES string of the molecule is CCCC[C@@H]1[C@@H]2CCCC[C@@]2(O)CCN1C(=O)COc1ccc2c3c(c(=O)oc2c1C)CCC3. The second-order valence-electron chi connectivity index (χ2n) is 10.6. The fourth-order valence-electron chi connectivity index (χ4n) is 6.73. The first-order valence-electron chi connectivity index (χ1n) is 13.2. The molecule has 0 bridgehead atoms. The van der Waals surface area contributed by atoms with Crippen LogP contribution in [0.1, 0.15) is 81.4 Å². The molecule has 6 nitrogen and oxygen atoms in total.